The van der Waals surface area contributed by atoms with Gasteiger partial charge in [-0.25, -0.2) is 9.69 Å². The molecule has 2 saturated heterocycles. The number of hydrogen-bond donors (Lipinski definition) is 0. The zero-order valence-electron chi connectivity index (χ0n) is 14.2. The third kappa shape index (κ3) is 1.77. The van der Waals surface area contributed by atoms with Gasteiger partial charge in [-0.05, 0) is 36.8 Å². The molecule has 1 saturated carbocycles. The largest absolute Gasteiger partial charge is 0.332 e. The van der Waals surface area contributed by atoms with E-state index >= 15 is 0 Å². The Balaban J connectivity index is 1.66. The van der Waals surface area contributed by atoms with Gasteiger partial charge in [0.1, 0.15) is 6.04 Å². The molecule has 3 aliphatic rings. The number of nitro groups is 1. The Morgan fingerprint density at radius 1 is 1.08 bits per heavy atom. The summed E-state index contributed by atoms with van der Waals surface area (Å²) in [6, 6.07) is 9.19. The minimum Gasteiger partial charge on any atom is -0.309 e. The zero-order chi connectivity index (χ0) is 18.2. The first-order valence-corrected chi connectivity index (χ1v) is 8.81. The summed E-state index contributed by atoms with van der Waals surface area (Å²) in [6.07, 6.45) is 1.84. The molecule has 0 radical (unpaired) electrons. The lowest BCUT2D eigenvalue weighted by Crippen LogP contribution is -2.43. The highest BCUT2D eigenvalue weighted by Crippen LogP contribution is 2.50. The molecule has 0 aromatic heterocycles. The van der Waals surface area contributed by atoms with Gasteiger partial charge < -0.3 is 4.90 Å². The first kappa shape index (κ1) is 15.3. The summed E-state index contributed by atoms with van der Waals surface area (Å²) in [4.78, 5) is 40.0. The Bertz CT molecular complexity index is 988. The van der Waals surface area contributed by atoms with Crippen molar-refractivity contribution in [2.75, 3.05) is 4.90 Å². The Morgan fingerprint density at radius 3 is 2.54 bits per heavy atom. The maximum absolute atomic E-state index is 13.1. The summed E-state index contributed by atoms with van der Waals surface area (Å²) >= 11 is 0. The Labute approximate surface area is 149 Å². The minimum atomic E-state index is -0.445. The van der Waals surface area contributed by atoms with Gasteiger partial charge in [0, 0.05) is 17.5 Å². The van der Waals surface area contributed by atoms with E-state index in [1.54, 1.807) is 29.2 Å². The van der Waals surface area contributed by atoms with Crippen molar-refractivity contribution >= 4 is 34.1 Å². The third-order valence-corrected chi connectivity index (χ3v) is 6.22. The third-order valence-electron chi connectivity index (χ3n) is 6.22. The van der Waals surface area contributed by atoms with Crippen molar-refractivity contribution in [3.05, 3.63) is 46.5 Å². The molecule has 2 aromatic carbocycles. The first-order valence-electron chi connectivity index (χ1n) is 8.81. The van der Waals surface area contributed by atoms with E-state index in [2.05, 4.69) is 6.92 Å². The van der Waals surface area contributed by atoms with Crippen LogP contribution >= 0.6 is 0 Å². The molecule has 1 aliphatic carbocycles. The van der Waals surface area contributed by atoms with Gasteiger partial charge >= 0.3 is 6.03 Å². The SMILES string of the molecule is CC1C[C@H]2C[C@@H]1[C@H]1C(=O)N(c3ccc([N+](=O)[O-])c4ccccc34)C(=O)N21. The lowest BCUT2D eigenvalue weighted by Gasteiger charge is -2.29. The molecule has 2 aliphatic heterocycles. The van der Waals surface area contributed by atoms with E-state index < -0.39 is 4.92 Å². The molecule has 2 bridgehead atoms. The fraction of sp³-hybridized carbons (Fsp3) is 0.368. The lowest BCUT2D eigenvalue weighted by molar-refractivity contribution is -0.383. The number of urea groups is 1. The monoisotopic (exact) mass is 351 g/mol. The van der Waals surface area contributed by atoms with Crippen LogP contribution in [0.3, 0.4) is 0 Å². The second-order valence-electron chi connectivity index (χ2n) is 7.48. The number of fused-ring (bicyclic) bond motifs is 6. The number of carbonyl (C=O) groups is 2. The smallest absolute Gasteiger partial charge is 0.309 e. The van der Waals surface area contributed by atoms with Crippen molar-refractivity contribution in [2.24, 2.45) is 11.8 Å². The minimum absolute atomic E-state index is 0.0300. The molecular weight excluding hydrogens is 334 g/mol. The van der Waals surface area contributed by atoms with E-state index in [9.17, 15) is 19.7 Å². The number of piperidine rings is 1. The van der Waals surface area contributed by atoms with Crippen molar-refractivity contribution in [1.29, 1.82) is 0 Å². The number of non-ortho nitro benzene ring substituents is 1. The molecule has 3 amide bonds. The van der Waals surface area contributed by atoms with Crippen LogP contribution in [0.4, 0.5) is 16.2 Å². The van der Waals surface area contributed by atoms with E-state index in [1.807, 2.05) is 0 Å². The summed E-state index contributed by atoms with van der Waals surface area (Å²) in [5, 5.41) is 12.3. The van der Waals surface area contributed by atoms with Gasteiger partial charge in [0.2, 0.25) is 0 Å². The Morgan fingerprint density at radius 2 is 1.81 bits per heavy atom. The number of benzene rings is 2. The predicted octanol–water partition coefficient (Wildman–Crippen LogP) is 3.31. The van der Waals surface area contributed by atoms with Gasteiger partial charge in [-0.3, -0.25) is 14.9 Å². The van der Waals surface area contributed by atoms with Crippen LogP contribution in [0.15, 0.2) is 36.4 Å². The number of rotatable bonds is 2. The summed E-state index contributed by atoms with van der Waals surface area (Å²) in [5.74, 6) is 0.449. The van der Waals surface area contributed by atoms with Gasteiger partial charge in [-0.1, -0.05) is 25.1 Å². The van der Waals surface area contributed by atoms with Crippen molar-refractivity contribution in [3.8, 4) is 0 Å². The highest BCUT2D eigenvalue weighted by atomic mass is 16.6. The number of hydrogen-bond acceptors (Lipinski definition) is 4. The molecule has 5 rings (SSSR count). The van der Waals surface area contributed by atoms with Gasteiger partial charge in [0.05, 0.1) is 16.0 Å². The average molecular weight is 351 g/mol. The molecule has 132 valence electrons. The van der Waals surface area contributed by atoms with E-state index in [1.165, 1.54) is 17.0 Å². The van der Waals surface area contributed by atoms with E-state index in [0.29, 0.717) is 22.4 Å². The molecule has 3 fully saturated rings. The molecule has 7 nitrogen and oxygen atoms in total. The van der Waals surface area contributed by atoms with Crippen LogP contribution in [0, 0.1) is 22.0 Å². The number of carbonyl (C=O) groups excluding carboxylic acids is 2. The molecular formula is C19H17N3O4. The molecule has 0 spiro atoms. The molecule has 1 unspecified atom stereocenters. The summed E-state index contributed by atoms with van der Waals surface area (Å²) in [7, 11) is 0. The number of nitrogens with zero attached hydrogens (tertiary/aromatic N) is 3. The fourth-order valence-electron chi connectivity index (χ4n) is 5.11. The maximum atomic E-state index is 13.1. The molecule has 4 atom stereocenters. The highest BCUT2D eigenvalue weighted by Gasteiger charge is 2.61. The van der Waals surface area contributed by atoms with Crippen LogP contribution in [0.1, 0.15) is 19.8 Å². The first-order chi connectivity index (χ1) is 12.5. The number of imide groups is 1. The Kier molecular flexibility index (Phi) is 2.96. The van der Waals surface area contributed by atoms with Crippen molar-refractivity contribution in [3.63, 3.8) is 0 Å². The van der Waals surface area contributed by atoms with E-state index in [4.69, 9.17) is 0 Å². The summed E-state index contributed by atoms with van der Waals surface area (Å²) in [6.45, 7) is 2.14. The highest BCUT2D eigenvalue weighted by molar-refractivity contribution is 6.25. The second kappa shape index (κ2) is 5.03. The van der Waals surface area contributed by atoms with Crippen LogP contribution in [0.5, 0.6) is 0 Å². The van der Waals surface area contributed by atoms with Gasteiger partial charge in [0.15, 0.2) is 0 Å². The Hall–Kier alpha value is -2.96. The van der Waals surface area contributed by atoms with E-state index in [0.717, 1.165) is 12.8 Å². The lowest BCUT2D eigenvalue weighted by atomic mass is 9.89. The fourth-order valence-corrected chi connectivity index (χ4v) is 5.11. The molecule has 2 aromatic rings. The van der Waals surface area contributed by atoms with E-state index in [-0.39, 0.29) is 35.6 Å². The summed E-state index contributed by atoms with van der Waals surface area (Å²) < 4.78 is 0. The molecule has 7 heteroatoms. The number of amides is 3. The second-order valence-corrected chi connectivity index (χ2v) is 7.48. The van der Waals surface area contributed by atoms with Crippen LogP contribution in [0.2, 0.25) is 0 Å². The van der Waals surface area contributed by atoms with Crippen LogP contribution in [-0.4, -0.2) is 33.8 Å². The predicted molar refractivity (Wildman–Crippen MR) is 94.8 cm³/mol. The molecule has 2 heterocycles. The standard InChI is InChI=1S/C19H17N3O4/c1-10-8-11-9-14(10)17-18(23)21(19(24)20(11)17)15-6-7-16(22(25)26)13-5-3-2-4-12(13)15/h2-7,10-11,14,17H,8-9H2,1H3/t10?,11-,14-,17-/m0/s1. The van der Waals surface area contributed by atoms with Crippen molar-refractivity contribution < 1.29 is 14.5 Å². The van der Waals surface area contributed by atoms with Crippen molar-refractivity contribution in [1.82, 2.24) is 4.90 Å². The van der Waals surface area contributed by atoms with Crippen LogP contribution in [-0.2, 0) is 4.79 Å². The summed E-state index contributed by atoms with van der Waals surface area (Å²) in [5.41, 5.74) is 0.403. The quantitative estimate of drug-likeness (QED) is 0.472. The molecule has 26 heavy (non-hydrogen) atoms. The molecule has 0 N–H and O–H groups in total. The number of anilines is 1. The normalized spacial score (nSPS) is 29.7. The zero-order valence-corrected chi connectivity index (χ0v) is 14.2. The van der Waals surface area contributed by atoms with Crippen molar-refractivity contribution in [2.45, 2.75) is 31.8 Å². The topological polar surface area (TPSA) is 83.8 Å². The number of nitro benzene ring substituents is 1. The van der Waals surface area contributed by atoms with Gasteiger partial charge in [-0.2, -0.15) is 0 Å². The average Bonchev–Trinajstić information content (AvgIpc) is 3.25. The van der Waals surface area contributed by atoms with Gasteiger partial charge in [0.25, 0.3) is 11.6 Å². The van der Waals surface area contributed by atoms with Gasteiger partial charge in [-0.15, -0.1) is 0 Å². The van der Waals surface area contributed by atoms with Crippen LogP contribution < -0.4 is 4.90 Å². The van der Waals surface area contributed by atoms with Crippen LogP contribution in [0.25, 0.3) is 10.8 Å². The maximum Gasteiger partial charge on any atom is 0.332 e.